The Morgan fingerprint density at radius 2 is 2.33 bits per heavy atom. The van der Waals surface area contributed by atoms with Crippen LogP contribution in [0.1, 0.15) is 18.9 Å². The van der Waals surface area contributed by atoms with Crippen molar-refractivity contribution >= 4 is 11.0 Å². The molecule has 2 N–H and O–H groups in total. The lowest BCUT2D eigenvalue weighted by Gasteiger charge is -2.03. The van der Waals surface area contributed by atoms with Crippen LogP contribution in [0.25, 0.3) is 11.0 Å². The van der Waals surface area contributed by atoms with Crippen LogP contribution in [0.5, 0.6) is 0 Å². The summed E-state index contributed by atoms with van der Waals surface area (Å²) in [4.78, 5) is 4.47. The summed E-state index contributed by atoms with van der Waals surface area (Å²) in [7, 11) is 1.73. The number of hydrogen-bond donors (Lipinski definition) is 1. The molecule has 2 aromatic rings. The first-order chi connectivity index (χ1) is 8.72. The fourth-order valence-corrected chi connectivity index (χ4v) is 2.25. The Balaban J connectivity index is 2.29. The average molecular weight is 247 g/mol. The fourth-order valence-electron chi connectivity index (χ4n) is 2.25. The van der Waals surface area contributed by atoms with Gasteiger partial charge in [-0.3, -0.25) is 0 Å². The van der Waals surface area contributed by atoms with Crippen molar-refractivity contribution in [2.45, 2.75) is 32.4 Å². The lowest BCUT2D eigenvalue weighted by Crippen LogP contribution is -2.17. The van der Waals surface area contributed by atoms with Gasteiger partial charge in [0.05, 0.1) is 0 Å². The lowest BCUT2D eigenvalue weighted by atomic mass is 10.1. The molecule has 0 aliphatic rings. The molecule has 1 atom stereocenters. The van der Waals surface area contributed by atoms with Gasteiger partial charge in [-0.25, -0.2) is 4.98 Å². The number of aromatic nitrogens is 2. The Bertz CT molecular complexity index is 505. The molecule has 0 aliphatic heterocycles. The van der Waals surface area contributed by atoms with Gasteiger partial charge in [0, 0.05) is 44.1 Å². The van der Waals surface area contributed by atoms with Gasteiger partial charge in [0.1, 0.15) is 5.65 Å². The highest BCUT2D eigenvalue weighted by Crippen LogP contribution is 2.20. The third kappa shape index (κ3) is 2.89. The molecule has 0 amide bonds. The number of fused-ring (bicyclic) bond motifs is 1. The molecule has 2 aromatic heterocycles. The Kier molecular flexibility index (Phi) is 4.33. The quantitative estimate of drug-likeness (QED) is 0.794. The largest absolute Gasteiger partial charge is 0.385 e. The summed E-state index contributed by atoms with van der Waals surface area (Å²) in [6, 6.07) is 4.27. The smallest absolute Gasteiger partial charge is 0.140 e. The highest BCUT2D eigenvalue weighted by molar-refractivity contribution is 5.80. The Morgan fingerprint density at radius 1 is 1.50 bits per heavy atom. The highest BCUT2D eigenvalue weighted by Gasteiger charge is 2.10. The lowest BCUT2D eigenvalue weighted by molar-refractivity contribution is 0.190. The molecule has 0 saturated heterocycles. The van der Waals surface area contributed by atoms with Crippen LogP contribution in [0.3, 0.4) is 0 Å². The van der Waals surface area contributed by atoms with Crippen LogP contribution >= 0.6 is 0 Å². The minimum atomic E-state index is 0.170. The van der Waals surface area contributed by atoms with E-state index in [0.29, 0.717) is 0 Å². The summed E-state index contributed by atoms with van der Waals surface area (Å²) in [6.07, 6.45) is 5.90. The first-order valence-corrected chi connectivity index (χ1v) is 6.39. The molecule has 0 radical (unpaired) electrons. The zero-order valence-electron chi connectivity index (χ0n) is 11.1. The van der Waals surface area contributed by atoms with Gasteiger partial charge in [-0.15, -0.1) is 0 Å². The summed E-state index contributed by atoms with van der Waals surface area (Å²) in [6.45, 7) is 3.74. The van der Waals surface area contributed by atoms with E-state index in [1.165, 1.54) is 10.9 Å². The van der Waals surface area contributed by atoms with Crippen LogP contribution in [-0.2, 0) is 17.7 Å². The molecular formula is C14H21N3O. The summed E-state index contributed by atoms with van der Waals surface area (Å²) < 4.78 is 7.29. The van der Waals surface area contributed by atoms with Crippen molar-refractivity contribution < 1.29 is 4.74 Å². The van der Waals surface area contributed by atoms with Gasteiger partial charge in [0.2, 0.25) is 0 Å². The van der Waals surface area contributed by atoms with Crippen molar-refractivity contribution in [1.82, 2.24) is 9.55 Å². The minimum absolute atomic E-state index is 0.170. The number of methoxy groups -OCH3 is 1. The number of nitrogens with zero attached hydrogens (tertiary/aromatic N) is 2. The number of hydrogen-bond acceptors (Lipinski definition) is 3. The van der Waals surface area contributed by atoms with Gasteiger partial charge in [-0.1, -0.05) is 0 Å². The molecule has 0 saturated carbocycles. The van der Waals surface area contributed by atoms with Crippen LogP contribution in [0.2, 0.25) is 0 Å². The molecule has 0 bridgehead atoms. The maximum atomic E-state index is 5.90. The maximum Gasteiger partial charge on any atom is 0.140 e. The second-order valence-electron chi connectivity index (χ2n) is 4.75. The standard InChI is InChI=1S/C14H21N3O/c1-11(15)9-12-10-17(7-4-8-18-2)14-13(12)5-3-6-16-14/h3,5-6,10-11H,4,7-9,15H2,1-2H3. The van der Waals surface area contributed by atoms with E-state index in [9.17, 15) is 0 Å². The average Bonchev–Trinajstić information content (AvgIpc) is 2.68. The van der Waals surface area contributed by atoms with E-state index < -0.39 is 0 Å². The molecule has 98 valence electrons. The third-order valence-electron chi connectivity index (χ3n) is 3.01. The summed E-state index contributed by atoms with van der Waals surface area (Å²) >= 11 is 0. The zero-order chi connectivity index (χ0) is 13.0. The van der Waals surface area contributed by atoms with Crippen molar-refractivity contribution in [3.63, 3.8) is 0 Å². The van der Waals surface area contributed by atoms with E-state index in [0.717, 1.165) is 31.6 Å². The van der Waals surface area contributed by atoms with Crippen LogP contribution in [0, 0.1) is 0 Å². The third-order valence-corrected chi connectivity index (χ3v) is 3.01. The van der Waals surface area contributed by atoms with Gasteiger partial charge in [0.25, 0.3) is 0 Å². The van der Waals surface area contributed by atoms with Gasteiger partial charge in [0.15, 0.2) is 0 Å². The Labute approximate surface area is 108 Å². The molecular weight excluding hydrogens is 226 g/mol. The number of ether oxygens (including phenoxy) is 1. The van der Waals surface area contributed by atoms with E-state index in [2.05, 4.69) is 21.8 Å². The highest BCUT2D eigenvalue weighted by atomic mass is 16.5. The van der Waals surface area contributed by atoms with Crippen molar-refractivity contribution in [1.29, 1.82) is 0 Å². The predicted octanol–water partition coefficient (Wildman–Crippen LogP) is 1.96. The molecule has 0 aliphatic carbocycles. The monoisotopic (exact) mass is 247 g/mol. The first-order valence-electron chi connectivity index (χ1n) is 6.39. The maximum absolute atomic E-state index is 5.90. The Morgan fingerprint density at radius 3 is 3.06 bits per heavy atom. The molecule has 2 rings (SSSR count). The second-order valence-corrected chi connectivity index (χ2v) is 4.75. The van der Waals surface area contributed by atoms with Crippen molar-refractivity contribution in [3.8, 4) is 0 Å². The van der Waals surface area contributed by atoms with E-state index >= 15 is 0 Å². The van der Waals surface area contributed by atoms with Crippen molar-refractivity contribution in [3.05, 3.63) is 30.1 Å². The number of rotatable bonds is 6. The first kappa shape index (κ1) is 13.1. The molecule has 4 heteroatoms. The van der Waals surface area contributed by atoms with Crippen LogP contribution in [0.4, 0.5) is 0 Å². The molecule has 0 aromatic carbocycles. The van der Waals surface area contributed by atoms with Crippen molar-refractivity contribution in [2.75, 3.05) is 13.7 Å². The van der Waals surface area contributed by atoms with E-state index in [1.54, 1.807) is 7.11 Å². The topological polar surface area (TPSA) is 53.1 Å². The number of pyridine rings is 1. The molecule has 18 heavy (non-hydrogen) atoms. The predicted molar refractivity (Wildman–Crippen MR) is 73.6 cm³/mol. The molecule has 1 unspecified atom stereocenters. The summed E-state index contributed by atoms with van der Waals surface area (Å²) in [5, 5.41) is 1.22. The molecule has 0 fully saturated rings. The van der Waals surface area contributed by atoms with E-state index in [1.807, 2.05) is 19.2 Å². The minimum Gasteiger partial charge on any atom is -0.385 e. The molecule has 4 nitrogen and oxygen atoms in total. The van der Waals surface area contributed by atoms with Crippen LogP contribution in [-0.4, -0.2) is 29.3 Å². The van der Waals surface area contributed by atoms with Gasteiger partial charge >= 0.3 is 0 Å². The normalized spacial score (nSPS) is 13.1. The van der Waals surface area contributed by atoms with Crippen LogP contribution in [0.15, 0.2) is 24.5 Å². The second kappa shape index (κ2) is 5.98. The van der Waals surface area contributed by atoms with Crippen molar-refractivity contribution in [2.24, 2.45) is 5.73 Å². The zero-order valence-corrected chi connectivity index (χ0v) is 11.1. The van der Waals surface area contributed by atoms with Gasteiger partial charge < -0.3 is 15.0 Å². The van der Waals surface area contributed by atoms with E-state index in [4.69, 9.17) is 10.5 Å². The molecule has 0 spiro atoms. The van der Waals surface area contributed by atoms with E-state index in [-0.39, 0.29) is 6.04 Å². The number of aryl methyl sites for hydroxylation is 1. The van der Waals surface area contributed by atoms with Gasteiger partial charge in [-0.05, 0) is 37.5 Å². The summed E-state index contributed by atoms with van der Waals surface area (Å²) in [5.74, 6) is 0. The van der Waals surface area contributed by atoms with Gasteiger partial charge in [-0.2, -0.15) is 0 Å². The molecule has 2 heterocycles. The summed E-state index contributed by atoms with van der Waals surface area (Å²) in [5.41, 5.74) is 8.23. The number of nitrogens with two attached hydrogens (primary N) is 1. The Hall–Kier alpha value is -1.39. The van der Waals surface area contributed by atoms with Crippen LogP contribution < -0.4 is 5.73 Å². The fraction of sp³-hybridized carbons (Fsp3) is 0.500. The SMILES string of the molecule is COCCCn1cc(CC(C)N)c2cccnc21.